The highest BCUT2D eigenvalue weighted by Gasteiger charge is 2.26. The van der Waals surface area contributed by atoms with Gasteiger partial charge in [0.15, 0.2) is 0 Å². The van der Waals surface area contributed by atoms with Gasteiger partial charge >= 0.3 is 6.03 Å². The molecular formula is C21H30ClN3O5S. The molecule has 10 heteroatoms. The normalized spacial score (nSPS) is 17.7. The lowest BCUT2D eigenvalue weighted by Gasteiger charge is -2.19. The SMILES string of the molecule is CC[C@@H](NS(=O)(=O)CCCCCN1CC(=O)NC1=O)c1ccc(Cl)c(OCC2CC2)c1. The Kier molecular flexibility index (Phi) is 8.18. The minimum absolute atomic E-state index is 0.00720. The maximum Gasteiger partial charge on any atom is 0.324 e. The van der Waals surface area contributed by atoms with Crippen LogP contribution in [0.25, 0.3) is 0 Å². The van der Waals surface area contributed by atoms with Crippen LogP contribution in [0.3, 0.4) is 0 Å². The number of sulfonamides is 1. The van der Waals surface area contributed by atoms with Gasteiger partial charge in [0.05, 0.1) is 17.4 Å². The van der Waals surface area contributed by atoms with Crippen LogP contribution in [0, 0.1) is 5.92 Å². The van der Waals surface area contributed by atoms with Crippen LogP contribution >= 0.6 is 11.6 Å². The third kappa shape index (κ3) is 7.36. The van der Waals surface area contributed by atoms with Crippen LogP contribution in [-0.2, 0) is 14.8 Å². The van der Waals surface area contributed by atoms with Crippen LogP contribution in [0.5, 0.6) is 5.75 Å². The van der Waals surface area contributed by atoms with Gasteiger partial charge in [-0.15, -0.1) is 0 Å². The zero-order chi connectivity index (χ0) is 22.4. The van der Waals surface area contributed by atoms with Gasteiger partial charge in [0.2, 0.25) is 15.9 Å². The van der Waals surface area contributed by atoms with E-state index in [1.54, 1.807) is 6.07 Å². The van der Waals surface area contributed by atoms with E-state index in [4.69, 9.17) is 16.3 Å². The number of nitrogens with zero attached hydrogens (tertiary/aromatic N) is 1. The van der Waals surface area contributed by atoms with E-state index < -0.39 is 10.0 Å². The van der Waals surface area contributed by atoms with Crippen molar-refractivity contribution in [2.45, 2.75) is 51.5 Å². The van der Waals surface area contributed by atoms with Crippen LogP contribution in [-0.4, -0.2) is 50.7 Å². The van der Waals surface area contributed by atoms with Gasteiger partial charge in [-0.25, -0.2) is 17.9 Å². The summed E-state index contributed by atoms with van der Waals surface area (Å²) in [6, 6.07) is 4.66. The van der Waals surface area contributed by atoms with Crippen molar-refractivity contribution in [3.63, 3.8) is 0 Å². The maximum atomic E-state index is 12.6. The molecule has 2 N–H and O–H groups in total. The number of hydrogen-bond donors (Lipinski definition) is 2. The Bertz CT molecular complexity index is 904. The summed E-state index contributed by atoms with van der Waals surface area (Å²) in [5, 5.41) is 2.75. The Hall–Kier alpha value is -1.84. The van der Waals surface area contributed by atoms with Gasteiger partial charge in [0.25, 0.3) is 0 Å². The number of urea groups is 1. The van der Waals surface area contributed by atoms with Crippen LogP contribution in [0.1, 0.15) is 57.1 Å². The highest BCUT2D eigenvalue weighted by molar-refractivity contribution is 7.89. The number of ether oxygens (including phenoxy) is 1. The van der Waals surface area contributed by atoms with Crippen molar-refractivity contribution in [3.05, 3.63) is 28.8 Å². The van der Waals surface area contributed by atoms with Gasteiger partial charge in [0.1, 0.15) is 12.3 Å². The lowest BCUT2D eigenvalue weighted by atomic mass is 10.1. The molecule has 3 rings (SSSR count). The average Bonchev–Trinajstić information content (AvgIpc) is 3.49. The fraction of sp³-hybridized carbons (Fsp3) is 0.619. The molecule has 1 heterocycles. The molecule has 0 spiro atoms. The molecule has 1 atom stereocenters. The van der Waals surface area contributed by atoms with Crippen molar-refractivity contribution in [1.29, 1.82) is 0 Å². The molecule has 2 aliphatic rings. The number of carbonyl (C=O) groups is 2. The summed E-state index contributed by atoms with van der Waals surface area (Å²) >= 11 is 6.23. The lowest BCUT2D eigenvalue weighted by Crippen LogP contribution is -2.31. The van der Waals surface area contributed by atoms with E-state index in [9.17, 15) is 18.0 Å². The van der Waals surface area contributed by atoms with Crippen molar-refractivity contribution in [2.24, 2.45) is 5.92 Å². The standard InChI is InChI=1S/C21H30ClN3O5S/c1-2-18(16-8-9-17(22)19(12-16)30-14-15-6-7-15)24-31(28,29)11-5-3-4-10-25-13-20(26)23-21(25)27/h8-9,12,15,18,24H,2-7,10-11,13-14H2,1H3,(H,23,26,27)/t18-/m1/s1. The first-order valence-corrected chi connectivity index (χ1v) is 12.8. The zero-order valence-electron chi connectivity index (χ0n) is 17.7. The molecule has 1 saturated carbocycles. The van der Waals surface area contributed by atoms with E-state index in [1.807, 2.05) is 19.1 Å². The van der Waals surface area contributed by atoms with Gasteiger partial charge in [-0.2, -0.15) is 0 Å². The maximum absolute atomic E-state index is 12.6. The third-order valence-corrected chi connectivity index (χ3v) is 7.25. The molecule has 1 aliphatic heterocycles. The van der Waals surface area contributed by atoms with E-state index in [2.05, 4.69) is 10.0 Å². The van der Waals surface area contributed by atoms with Crippen molar-refractivity contribution < 1.29 is 22.7 Å². The van der Waals surface area contributed by atoms with Gasteiger partial charge < -0.3 is 9.64 Å². The van der Waals surface area contributed by atoms with Gasteiger partial charge in [-0.05, 0) is 55.7 Å². The van der Waals surface area contributed by atoms with Crippen LogP contribution in [0.15, 0.2) is 18.2 Å². The molecule has 1 aromatic carbocycles. The molecule has 2 fully saturated rings. The van der Waals surface area contributed by atoms with Crippen molar-refractivity contribution >= 4 is 33.6 Å². The molecule has 1 aromatic rings. The Morgan fingerprint density at radius 1 is 1.26 bits per heavy atom. The topological polar surface area (TPSA) is 105 Å². The van der Waals surface area contributed by atoms with Crippen LogP contribution in [0.2, 0.25) is 5.02 Å². The quantitative estimate of drug-likeness (QED) is 0.339. The minimum Gasteiger partial charge on any atom is -0.492 e. The number of nitrogens with one attached hydrogen (secondary N) is 2. The number of benzene rings is 1. The average molecular weight is 472 g/mol. The predicted molar refractivity (Wildman–Crippen MR) is 119 cm³/mol. The van der Waals surface area contributed by atoms with E-state index >= 15 is 0 Å². The Balaban J connectivity index is 1.46. The molecule has 0 unspecified atom stereocenters. The molecule has 1 aliphatic carbocycles. The highest BCUT2D eigenvalue weighted by atomic mass is 35.5. The van der Waals surface area contributed by atoms with Crippen molar-refractivity contribution in [2.75, 3.05) is 25.4 Å². The molecule has 0 radical (unpaired) electrons. The Labute approximate surface area is 188 Å². The summed E-state index contributed by atoms with van der Waals surface area (Å²) in [4.78, 5) is 24.1. The number of carbonyl (C=O) groups excluding carboxylic acids is 2. The first kappa shape index (κ1) is 23.8. The smallest absolute Gasteiger partial charge is 0.324 e. The van der Waals surface area contributed by atoms with Crippen molar-refractivity contribution in [3.8, 4) is 5.75 Å². The molecule has 1 saturated heterocycles. The second kappa shape index (κ2) is 10.7. The number of imide groups is 1. The van der Waals surface area contributed by atoms with E-state index in [-0.39, 0.29) is 30.3 Å². The van der Waals surface area contributed by atoms with Crippen LogP contribution in [0.4, 0.5) is 4.79 Å². The summed E-state index contributed by atoms with van der Waals surface area (Å²) in [7, 11) is -3.47. The van der Waals surface area contributed by atoms with Gasteiger partial charge in [-0.1, -0.05) is 31.0 Å². The number of hydrogen-bond acceptors (Lipinski definition) is 5. The van der Waals surface area contributed by atoms with Gasteiger partial charge in [-0.3, -0.25) is 10.1 Å². The fourth-order valence-corrected chi connectivity index (χ4v) is 5.05. The molecule has 0 aromatic heterocycles. The summed E-state index contributed by atoms with van der Waals surface area (Å²) in [6.45, 7) is 3.08. The first-order chi connectivity index (χ1) is 14.8. The Morgan fingerprint density at radius 2 is 2.03 bits per heavy atom. The highest BCUT2D eigenvalue weighted by Crippen LogP contribution is 2.33. The summed E-state index contributed by atoms with van der Waals surface area (Å²) in [6.07, 6.45) is 4.73. The molecule has 31 heavy (non-hydrogen) atoms. The number of halogens is 1. The summed E-state index contributed by atoms with van der Waals surface area (Å²) in [5.74, 6) is 0.895. The first-order valence-electron chi connectivity index (χ1n) is 10.8. The second-order valence-corrected chi connectivity index (χ2v) is 10.5. The summed E-state index contributed by atoms with van der Waals surface area (Å²) in [5.41, 5.74) is 0.825. The largest absolute Gasteiger partial charge is 0.492 e. The zero-order valence-corrected chi connectivity index (χ0v) is 19.3. The van der Waals surface area contributed by atoms with Gasteiger partial charge in [0, 0.05) is 12.6 Å². The number of rotatable bonds is 13. The lowest BCUT2D eigenvalue weighted by molar-refractivity contribution is -0.118. The molecule has 3 amide bonds. The summed E-state index contributed by atoms with van der Waals surface area (Å²) < 4.78 is 33.7. The van der Waals surface area contributed by atoms with E-state index in [0.29, 0.717) is 55.5 Å². The Morgan fingerprint density at radius 3 is 2.68 bits per heavy atom. The second-order valence-electron chi connectivity index (χ2n) is 8.18. The monoisotopic (exact) mass is 471 g/mol. The predicted octanol–water partition coefficient (Wildman–Crippen LogP) is 3.22. The molecular weight excluding hydrogens is 442 g/mol. The fourth-order valence-electron chi connectivity index (χ4n) is 3.44. The minimum atomic E-state index is -3.47. The molecule has 8 nitrogen and oxygen atoms in total. The van der Waals surface area contributed by atoms with E-state index in [0.717, 1.165) is 5.56 Å². The number of amides is 3. The van der Waals surface area contributed by atoms with Crippen LogP contribution < -0.4 is 14.8 Å². The molecule has 0 bridgehead atoms. The number of unbranched alkanes of at least 4 members (excludes halogenated alkanes) is 2. The third-order valence-electron chi connectivity index (χ3n) is 5.47. The molecule has 172 valence electrons. The van der Waals surface area contributed by atoms with Crippen molar-refractivity contribution in [1.82, 2.24) is 14.9 Å². The van der Waals surface area contributed by atoms with E-state index in [1.165, 1.54) is 17.7 Å².